The number of anilines is 1. The summed E-state index contributed by atoms with van der Waals surface area (Å²) in [6, 6.07) is 6.98. The number of nitrogens with zero attached hydrogens (tertiary/aromatic N) is 2. The number of morpholine rings is 1. The van der Waals surface area contributed by atoms with Crippen LogP contribution in [0.3, 0.4) is 0 Å². The van der Waals surface area contributed by atoms with Crippen LogP contribution in [0.4, 0.5) is 6.01 Å². The maximum Gasteiger partial charge on any atom is 0.298 e. The Bertz CT molecular complexity index is 577. The zero-order valence-corrected chi connectivity index (χ0v) is 11.8. The van der Waals surface area contributed by atoms with Gasteiger partial charge in [-0.25, -0.2) is 0 Å². The molecule has 0 amide bonds. The summed E-state index contributed by atoms with van der Waals surface area (Å²) in [6.45, 7) is 9.79. The summed E-state index contributed by atoms with van der Waals surface area (Å²) < 4.78 is 11.2. The molecule has 4 nitrogen and oxygen atoms in total. The minimum atomic E-state index is 0.131. The van der Waals surface area contributed by atoms with Crippen molar-refractivity contribution in [3.8, 4) is 0 Å². The third-order valence-electron chi connectivity index (χ3n) is 3.52. The van der Waals surface area contributed by atoms with Gasteiger partial charge in [0.1, 0.15) is 5.52 Å². The second kappa shape index (κ2) is 4.53. The third kappa shape index (κ3) is 2.45. The van der Waals surface area contributed by atoms with Crippen LogP contribution in [0.5, 0.6) is 0 Å². The van der Waals surface area contributed by atoms with E-state index < -0.39 is 0 Å². The number of aromatic nitrogens is 1. The van der Waals surface area contributed by atoms with Crippen molar-refractivity contribution < 1.29 is 9.15 Å². The van der Waals surface area contributed by atoms with E-state index in [1.165, 1.54) is 5.56 Å². The molecule has 0 aliphatic carbocycles. The summed E-state index contributed by atoms with van der Waals surface area (Å²) in [6.07, 6.45) is 0. The number of rotatable bonds is 1. The van der Waals surface area contributed by atoms with Gasteiger partial charge in [-0.1, -0.05) is 26.8 Å². The lowest BCUT2D eigenvalue weighted by Crippen LogP contribution is -2.36. The molecule has 2 aromatic rings. The number of ether oxygens (including phenoxy) is 1. The molecule has 0 unspecified atom stereocenters. The molecule has 0 saturated carbocycles. The molecule has 1 fully saturated rings. The molecule has 1 aliphatic heterocycles. The summed E-state index contributed by atoms with van der Waals surface area (Å²) in [5.74, 6) is 0. The van der Waals surface area contributed by atoms with E-state index in [4.69, 9.17) is 9.15 Å². The number of hydrogen-bond acceptors (Lipinski definition) is 4. The second-order valence-corrected chi connectivity index (χ2v) is 6.03. The highest BCUT2D eigenvalue weighted by atomic mass is 16.5. The zero-order valence-electron chi connectivity index (χ0n) is 11.8. The zero-order chi connectivity index (χ0) is 13.5. The standard InChI is InChI=1S/C15H20N2O2/c1-15(2,3)11-4-5-13-12(10-11)16-14(19-13)17-6-8-18-9-7-17/h4-5,10H,6-9H2,1-3H3. The van der Waals surface area contributed by atoms with E-state index in [0.717, 1.165) is 37.4 Å². The van der Waals surface area contributed by atoms with E-state index in [9.17, 15) is 0 Å². The van der Waals surface area contributed by atoms with Gasteiger partial charge >= 0.3 is 0 Å². The lowest BCUT2D eigenvalue weighted by atomic mass is 9.87. The van der Waals surface area contributed by atoms with Gasteiger partial charge in [0.2, 0.25) is 0 Å². The topological polar surface area (TPSA) is 38.5 Å². The van der Waals surface area contributed by atoms with Gasteiger partial charge in [0, 0.05) is 13.1 Å². The van der Waals surface area contributed by atoms with Gasteiger partial charge in [0.25, 0.3) is 6.01 Å². The Balaban J connectivity index is 1.96. The van der Waals surface area contributed by atoms with E-state index in [1.807, 2.05) is 6.07 Å². The Labute approximate surface area is 113 Å². The lowest BCUT2D eigenvalue weighted by Gasteiger charge is -2.24. The molecule has 0 spiro atoms. The monoisotopic (exact) mass is 260 g/mol. The average Bonchev–Trinajstić information content (AvgIpc) is 2.81. The Morgan fingerprint density at radius 2 is 1.89 bits per heavy atom. The van der Waals surface area contributed by atoms with E-state index in [0.29, 0.717) is 6.01 Å². The molecule has 0 radical (unpaired) electrons. The predicted octanol–water partition coefficient (Wildman–Crippen LogP) is 2.96. The SMILES string of the molecule is CC(C)(C)c1ccc2oc(N3CCOCC3)nc2c1. The molecule has 3 rings (SSSR count). The molecular weight excluding hydrogens is 240 g/mol. The van der Waals surface area contributed by atoms with Crippen molar-refractivity contribution in [1.82, 2.24) is 4.98 Å². The lowest BCUT2D eigenvalue weighted by molar-refractivity contribution is 0.120. The molecule has 0 N–H and O–H groups in total. The van der Waals surface area contributed by atoms with Crippen molar-refractivity contribution in [2.75, 3.05) is 31.2 Å². The molecule has 0 atom stereocenters. The van der Waals surface area contributed by atoms with Crippen LogP contribution in [-0.2, 0) is 10.2 Å². The first kappa shape index (κ1) is 12.5. The van der Waals surface area contributed by atoms with Crippen molar-refractivity contribution in [3.63, 3.8) is 0 Å². The molecule has 2 heterocycles. The number of benzene rings is 1. The van der Waals surface area contributed by atoms with Crippen LogP contribution < -0.4 is 4.90 Å². The van der Waals surface area contributed by atoms with Gasteiger partial charge in [-0.2, -0.15) is 4.98 Å². The van der Waals surface area contributed by atoms with Crippen molar-refractivity contribution in [2.24, 2.45) is 0 Å². The van der Waals surface area contributed by atoms with Crippen LogP contribution in [0.25, 0.3) is 11.1 Å². The minimum absolute atomic E-state index is 0.131. The quantitative estimate of drug-likeness (QED) is 0.790. The summed E-state index contributed by atoms with van der Waals surface area (Å²) in [4.78, 5) is 6.75. The van der Waals surface area contributed by atoms with E-state index in [1.54, 1.807) is 0 Å². The maximum absolute atomic E-state index is 5.83. The third-order valence-corrected chi connectivity index (χ3v) is 3.52. The van der Waals surface area contributed by atoms with Gasteiger partial charge < -0.3 is 14.1 Å². The van der Waals surface area contributed by atoms with Crippen LogP contribution >= 0.6 is 0 Å². The Morgan fingerprint density at radius 1 is 1.16 bits per heavy atom. The molecule has 1 aromatic carbocycles. The number of fused-ring (bicyclic) bond motifs is 1. The fourth-order valence-electron chi connectivity index (χ4n) is 2.27. The van der Waals surface area contributed by atoms with Crippen LogP contribution in [0, 0.1) is 0 Å². The molecule has 1 saturated heterocycles. The predicted molar refractivity (Wildman–Crippen MR) is 75.7 cm³/mol. The Hall–Kier alpha value is -1.55. The Morgan fingerprint density at radius 3 is 2.58 bits per heavy atom. The molecule has 1 aliphatic rings. The largest absolute Gasteiger partial charge is 0.423 e. The number of oxazole rings is 1. The highest BCUT2D eigenvalue weighted by Gasteiger charge is 2.19. The minimum Gasteiger partial charge on any atom is -0.423 e. The molecular formula is C15H20N2O2. The van der Waals surface area contributed by atoms with Gasteiger partial charge in [0.05, 0.1) is 13.2 Å². The van der Waals surface area contributed by atoms with Crippen molar-refractivity contribution in [3.05, 3.63) is 23.8 Å². The first-order valence-electron chi connectivity index (χ1n) is 6.78. The van der Waals surface area contributed by atoms with Crippen LogP contribution in [0.1, 0.15) is 26.3 Å². The fraction of sp³-hybridized carbons (Fsp3) is 0.533. The second-order valence-electron chi connectivity index (χ2n) is 6.03. The number of hydrogen-bond donors (Lipinski definition) is 0. The van der Waals surface area contributed by atoms with Gasteiger partial charge in [-0.15, -0.1) is 0 Å². The highest BCUT2D eigenvalue weighted by Crippen LogP contribution is 2.28. The van der Waals surface area contributed by atoms with Crippen molar-refractivity contribution >= 4 is 17.1 Å². The maximum atomic E-state index is 5.83. The smallest absolute Gasteiger partial charge is 0.298 e. The fourth-order valence-corrected chi connectivity index (χ4v) is 2.27. The van der Waals surface area contributed by atoms with Crippen molar-refractivity contribution in [2.45, 2.75) is 26.2 Å². The molecule has 1 aromatic heterocycles. The summed E-state index contributed by atoms with van der Waals surface area (Å²) in [5, 5.41) is 0. The van der Waals surface area contributed by atoms with Crippen LogP contribution in [0.15, 0.2) is 22.6 Å². The van der Waals surface area contributed by atoms with Gasteiger partial charge in [-0.3, -0.25) is 0 Å². The van der Waals surface area contributed by atoms with Gasteiger partial charge in [-0.05, 0) is 23.1 Å². The summed E-state index contributed by atoms with van der Waals surface area (Å²) in [5.41, 5.74) is 3.21. The van der Waals surface area contributed by atoms with E-state index in [2.05, 4.69) is 42.8 Å². The average molecular weight is 260 g/mol. The highest BCUT2D eigenvalue weighted by molar-refractivity contribution is 5.75. The first-order chi connectivity index (χ1) is 9.04. The molecule has 0 bridgehead atoms. The van der Waals surface area contributed by atoms with Crippen molar-refractivity contribution in [1.29, 1.82) is 0 Å². The summed E-state index contributed by atoms with van der Waals surface area (Å²) in [7, 11) is 0. The van der Waals surface area contributed by atoms with Gasteiger partial charge in [0.15, 0.2) is 5.58 Å². The summed E-state index contributed by atoms with van der Waals surface area (Å²) >= 11 is 0. The normalized spacial score (nSPS) is 17.1. The molecule has 19 heavy (non-hydrogen) atoms. The Kier molecular flexibility index (Phi) is 2.97. The van der Waals surface area contributed by atoms with E-state index in [-0.39, 0.29) is 5.41 Å². The van der Waals surface area contributed by atoms with Crippen LogP contribution in [0.2, 0.25) is 0 Å². The first-order valence-corrected chi connectivity index (χ1v) is 6.78. The van der Waals surface area contributed by atoms with Crippen LogP contribution in [-0.4, -0.2) is 31.3 Å². The molecule has 4 heteroatoms. The molecule has 102 valence electrons. The van der Waals surface area contributed by atoms with E-state index >= 15 is 0 Å².